The minimum atomic E-state index is -1.71. The molecule has 0 unspecified atom stereocenters. The number of ketones is 1. The largest absolute Gasteiger partial charge is 0.508 e. The van der Waals surface area contributed by atoms with Crippen molar-refractivity contribution in [3.05, 3.63) is 53.6 Å². The van der Waals surface area contributed by atoms with Crippen molar-refractivity contribution in [2.75, 3.05) is 13.2 Å². The molecule has 11 nitrogen and oxygen atoms in total. The van der Waals surface area contributed by atoms with Crippen LogP contribution in [-0.4, -0.2) is 86.3 Å². The fraction of sp³-hybridized carbons (Fsp3) is 0.333. The zero-order chi connectivity index (χ0) is 23.4. The number of hydrogen-bond donors (Lipinski definition) is 6. The van der Waals surface area contributed by atoms with Gasteiger partial charge in [0.2, 0.25) is 0 Å². The number of rotatable bonds is 7. The minimum Gasteiger partial charge on any atom is -0.508 e. The first kappa shape index (κ1) is 23.4. The van der Waals surface area contributed by atoms with Crippen molar-refractivity contribution >= 4 is 11.8 Å². The van der Waals surface area contributed by atoms with E-state index >= 15 is 0 Å². The van der Waals surface area contributed by atoms with Crippen LogP contribution in [-0.2, 0) is 14.2 Å². The summed E-state index contributed by atoms with van der Waals surface area (Å²) in [7, 11) is 0. The van der Waals surface area contributed by atoms with Crippen molar-refractivity contribution in [2.45, 2.75) is 30.7 Å². The van der Waals surface area contributed by atoms with Crippen LogP contribution in [0.15, 0.2) is 42.5 Å². The Labute approximate surface area is 181 Å². The maximum Gasteiger partial charge on any atom is 0.338 e. The van der Waals surface area contributed by atoms with Crippen LogP contribution in [0.2, 0.25) is 0 Å². The monoisotopic (exact) mass is 450 g/mol. The highest BCUT2D eigenvalue weighted by molar-refractivity contribution is 5.97. The summed E-state index contributed by atoms with van der Waals surface area (Å²) in [5.41, 5.74) is 0.0382. The normalized spacial score (nSPS) is 25.3. The van der Waals surface area contributed by atoms with E-state index in [1.807, 2.05) is 0 Å². The van der Waals surface area contributed by atoms with E-state index in [1.165, 1.54) is 30.3 Å². The summed E-state index contributed by atoms with van der Waals surface area (Å²) in [5, 5.41) is 58.1. The van der Waals surface area contributed by atoms with Crippen molar-refractivity contribution in [3.63, 3.8) is 0 Å². The maximum absolute atomic E-state index is 12.4. The Balaban J connectivity index is 1.74. The van der Waals surface area contributed by atoms with Crippen LogP contribution in [0.4, 0.5) is 0 Å². The lowest BCUT2D eigenvalue weighted by molar-refractivity contribution is -0.297. The van der Waals surface area contributed by atoms with Crippen LogP contribution in [0.1, 0.15) is 20.7 Å². The number of aliphatic hydroxyl groups excluding tert-OH is 3. The molecule has 1 heterocycles. The number of aliphatic hydroxyl groups is 3. The lowest BCUT2D eigenvalue weighted by atomic mass is 9.99. The van der Waals surface area contributed by atoms with Crippen molar-refractivity contribution in [1.29, 1.82) is 0 Å². The molecule has 0 bridgehead atoms. The molecule has 1 aliphatic rings. The third kappa shape index (κ3) is 5.15. The summed E-state index contributed by atoms with van der Waals surface area (Å²) in [6.07, 6.45) is -7.68. The van der Waals surface area contributed by atoms with E-state index in [9.17, 15) is 40.2 Å². The number of carbonyl (C=O) groups is 2. The van der Waals surface area contributed by atoms with Gasteiger partial charge in [-0.2, -0.15) is 0 Å². The molecular formula is C21H22O11. The molecule has 0 aromatic heterocycles. The second kappa shape index (κ2) is 9.94. The zero-order valence-corrected chi connectivity index (χ0v) is 16.6. The smallest absolute Gasteiger partial charge is 0.338 e. The van der Waals surface area contributed by atoms with E-state index in [0.29, 0.717) is 0 Å². The molecule has 2 aromatic rings. The molecule has 3 rings (SSSR count). The first-order chi connectivity index (χ1) is 15.2. The van der Waals surface area contributed by atoms with Gasteiger partial charge in [0, 0.05) is 5.56 Å². The third-order valence-electron chi connectivity index (χ3n) is 4.85. The van der Waals surface area contributed by atoms with E-state index in [0.717, 1.165) is 12.1 Å². The van der Waals surface area contributed by atoms with Gasteiger partial charge in [0.15, 0.2) is 29.7 Å². The molecule has 5 atom stereocenters. The van der Waals surface area contributed by atoms with Crippen LogP contribution in [0, 0.1) is 0 Å². The molecule has 2 aromatic carbocycles. The zero-order valence-electron chi connectivity index (χ0n) is 16.6. The fourth-order valence-electron chi connectivity index (χ4n) is 3.04. The molecule has 0 amide bonds. The van der Waals surface area contributed by atoms with Crippen LogP contribution in [0.5, 0.6) is 17.2 Å². The number of phenols is 3. The average molecular weight is 450 g/mol. The Kier molecular flexibility index (Phi) is 7.28. The minimum absolute atomic E-state index is 0.00744. The van der Waals surface area contributed by atoms with Crippen LogP contribution >= 0.6 is 0 Å². The number of hydrogen-bond acceptors (Lipinski definition) is 11. The van der Waals surface area contributed by atoms with Crippen molar-refractivity contribution in [1.82, 2.24) is 0 Å². The molecule has 172 valence electrons. The highest BCUT2D eigenvalue weighted by Gasteiger charge is 2.47. The van der Waals surface area contributed by atoms with Gasteiger partial charge in [0.05, 0.1) is 12.2 Å². The lowest BCUT2D eigenvalue weighted by Gasteiger charge is -2.41. The van der Waals surface area contributed by atoms with Gasteiger partial charge >= 0.3 is 5.97 Å². The van der Waals surface area contributed by atoms with Gasteiger partial charge < -0.3 is 44.8 Å². The highest BCUT2D eigenvalue weighted by atomic mass is 16.7. The molecular weight excluding hydrogens is 428 g/mol. The third-order valence-corrected chi connectivity index (χ3v) is 4.85. The Bertz CT molecular complexity index is 959. The van der Waals surface area contributed by atoms with Gasteiger partial charge in [-0.25, -0.2) is 4.79 Å². The van der Waals surface area contributed by atoms with Crippen LogP contribution < -0.4 is 0 Å². The summed E-state index contributed by atoms with van der Waals surface area (Å²) in [5.74, 6) is -2.56. The van der Waals surface area contributed by atoms with Gasteiger partial charge in [-0.3, -0.25) is 4.79 Å². The molecule has 0 aliphatic carbocycles. The molecule has 1 aliphatic heterocycles. The number of aromatic hydroxyl groups is 3. The van der Waals surface area contributed by atoms with Crippen LogP contribution in [0.3, 0.4) is 0 Å². The highest BCUT2D eigenvalue weighted by Crippen LogP contribution is 2.27. The molecule has 0 spiro atoms. The summed E-state index contributed by atoms with van der Waals surface area (Å²) in [6, 6.07) is 8.44. The molecule has 1 saturated heterocycles. The second-order valence-corrected chi connectivity index (χ2v) is 7.06. The first-order valence-corrected chi connectivity index (χ1v) is 9.50. The summed E-state index contributed by atoms with van der Waals surface area (Å²) < 4.78 is 16.0. The van der Waals surface area contributed by atoms with Gasteiger partial charge in [-0.05, 0) is 42.5 Å². The first-order valence-electron chi connectivity index (χ1n) is 9.50. The average Bonchev–Trinajstić information content (AvgIpc) is 2.78. The number of ether oxygens (including phenoxy) is 3. The number of benzene rings is 2. The van der Waals surface area contributed by atoms with E-state index in [4.69, 9.17) is 14.2 Å². The predicted molar refractivity (Wildman–Crippen MR) is 105 cm³/mol. The standard InChI is InChI=1S/C21H22O11/c22-8-16-17(27)18(28)19(32-20(29)10-1-4-12(23)5-2-10)21(31-16)30-9-15(26)11-3-6-13(24)14(25)7-11/h1-7,16-19,21-25,27-28H,8-9H2/t16-,17-,18+,19-,21-/m1/s1. The Hall–Kier alpha value is -3.22. The Morgan fingerprint density at radius 3 is 2.19 bits per heavy atom. The van der Waals surface area contributed by atoms with Gasteiger partial charge in [-0.15, -0.1) is 0 Å². The number of Topliss-reactive ketones (excluding diaryl/α,β-unsaturated/α-hetero) is 1. The van der Waals surface area contributed by atoms with E-state index < -0.39 is 67.2 Å². The van der Waals surface area contributed by atoms with Crippen molar-refractivity contribution < 1.29 is 54.4 Å². The second-order valence-electron chi connectivity index (χ2n) is 7.06. The van der Waals surface area contributed by atoms with Crippen molar-refractivity contribution in [2.24, 2.45) is 0 Å². The van der Waals surface area contributed by atoms with Crippen LogP contribution in [0.25, 0.3) is 0 Å². The number of esters is 1. The van der Waals surface area contributed by atoms with E-state index in [2.05, 4.69) is 0 Å². The topological polar surface area (TPSA) is 183 Å². The van der Waals surface area contributed by atoms with Gasteiger partial charge in [0.1, 0.15) is 30.7 Å². The van der Waals surface area contributed by atoms with Gasteiger partial charge in [-0.1, -0.05) is 0 Å². The van der Waals surface area contributed by atoms with E-state index in [1.54, 1.807) is 0 Å². The molecule has 0 saturated carbocycles. The SMILES string of the molecule is O=C(CO[C@@H]1O[C@H](CO)[C@@H](O)[C@H](O)[C@H]1OC(=O)c1ccc(O)cc1)c1ccc(O)c(O)c1. The lowest BCUT2D eigenvalue weighted by Crippen LogP contribution is -2.60. The fourth-order valence-corrected chi connectivity index (χ4v) is 3.04. The van der Waals surface area contributed by atoms with Gasteiger partial charge in [0.25, 0.3) is 0 Å². The molecule has 0 radical (unpaired) electrons. The summed E-state index contributed by atoms with van der Waals surface area (Å²) in [6.45, 7) is -1.32. The summed E-state index contributed by atoms with van der Waals surface area (Å²) in [4.78, 5) is 24.8. The Morgan fingerprint density at radius 2 is 1.56 bits per heavy atom. The predicted octanol–water partition coefficient (Wildman–Crippen LogP) is -0.333. The van der Waals surface area contributed by atoms with E-state index in [-0.39, 0.29) is 16.9 Å². The Morgan fingerprint density at radius 1 is 0.906 bits per heavy atom. The molecule has 6 N–H and O–H groups in total. The number of carbonyl (C=O) groups excluding carboxylic acids is 2. The molecule has 32 heavy (non-hydrogen) atoms. The quantitative estimate of drug-likeness (QED) is 0.184. The van der Waals surface area contributed by atoms with Crippen molar-refractivity contribution in [3.8, 4) is 17.2 Å². The summed E-state index contributed by atoms with van der Waals surface area (Å²) >= 11 is 0. The number of phenolic OH excluding ortho intramolecular Hbond substituents is 3. The molecule has 11 heteroatoms. The maximum atomic E-state index is 12.4. The molecule has 1 fully saturated rings.